The van der Waals surface area contributed by atoms with Gasteiger partial charge in [-0.25, -0.2) is 0 Å². The minimum absolute atomic E-state index is 0.00328. The third kappa shape index (κ3) is 4.04. The van der Waals surface area contributed by atoms with E-state index in [0.717, 1.165) is 5.56 Å². The molecule has 0 aliphatic heterocycles. The Kier molecular flexibility index (Phi) is 4.12. The molecule has 2 N–H and O–H groups in total. The molecule has 0 fully saturated rings. The lowest BCUT2D eigenvalue weighted by atomic mass is 10.3. The van der Waals surface area contributed by atoms with Gasteiger partial charge in [-0.15, -0.1) is 0 Å². The van der Waals surface area contributed by atoms with Crippen LogP contribution in [0.25, 0.3) is 0 Å². The number of hydrogen-bond donors (Lipinski definition) is 2. The smallest absolute Gasteiger partial charge is 0.234 e. The van der Waals surface area contributed by atoms with Crippen molar-refractivity contribution < 1.29 is 9.32 Å². The van der Waals surface area contributed by atoms with E-state index in [2.05, 4.69) is 20.3 Å². The topological polar surface area (TPSA) is 67.2 Å². The van der Waals surface area contributed by atoms with Crippen molar-refractivity contribution in [1.29, 1.82) is 0 Å². The molecule has 1 aromatic heterocycles. The molecule has 5 heteroatoms. The molecule has 0 bridgehead atoms. The molecule has 0 unspecified atom stereocenters. The predicted octanol–water partition coefficient (Wildman–Crippen LogP) is 0.289. The Balaban J connectivity index is 2.12. The molecule has 0 atom stereocenters. The molecule has 0 radical (unpaired) electrons. The summed E-state index contributed by atoms with van der Waals surface area (Å²) in [6, 6.07) is 0.180. The second-order valence-corrected chi connectivity index (χ2v) is 3.36. The zero-order chi connectivity index (χ0) is 10.4. The number of rotatable bonds is 5. The molecule has 0 saturated heterocycles. The van der Waals surface area contributed by atoms with Crippen LogP contribution in [0.4, 0.5) is 0 Å². The van der Waals surface area contributed by atoms with Crippen molar-refractivity contribution in [2.24, 2.45) is 0 Å². The van der Waals surface area contributed by atoms with Gasteiger partial charge in [0.15, 0.2) is 0 Å². The summed E-state index contributed by atoms with van der Waals surface area (Å²) in [4.78, 5) is 11.2. The Hall–Kier alpha value is -1.36. The first-order chi connectivity index (χ1) is 6.68. The Morgan fingerprint density at radius 2 is 2.43 bits per heavy atom. The summed E-state index contributed by atoms with van der Waals surface area (Å²) >= 11 is 0. The quantitative estimate of drug-likeness (QED) is 0.712. The van der Waals surface area contributed by atoms with Crippen molar-refractivity contribution in [1.82, 2.24) is 15.8 Å². The number of nitrogens with zero attached hydrogens (tertiary/aromatic N) is 1. The van der Waals surface area contributed by atoms with Gasteiger partial charge in [0.25, 0.3) is 0 Å². The average Bonchev–Trinajstić information content (AvgIpc) is 2.55. The maximum absolute atomic E-state index is 11.2. The van der Waals surface area contributed by atoms with E-state index in [0.29, 0.717) is 13.1 Å². The zero-order valence-corrected chi connectivity index (χ0v) is 8.41. The normalized spacial score (nSPS) is 10.5. The van der Waals surface area contributed by atoms with E-state index in [9.17, 15) is 4.79 Å². The Bertz CT molecular complexity index is 270. The number of hydrogen-bond acceptors (Lipinski definition) is 4. The van der Waals surface area contributed by atoms with Gasteiger partial charge < -0.3 is 15.2 Å². The molecule has 0 aliphatic rings. The number of nitrogens with one attached hydrogen (secondary N) is 2. The molecule has 1 amide bonds. The van der Waals surface area contributed by atoms with E-state index in [1.54, 1.807) is 12.5 Å². The van der Waals surface area contributed by atoms with Crippen molar-refractivity contribution in [3.05, 3.63) is 18.0 Å². The van der Waals surface area contributed by atoms with Crippen LogP contribution >= 0.6 is 0 Å². The highest BCUT2D eigenvalue weighted by atomic mass is 16.5. The standard InChI is InChI=1S/C9H15N3O2/c1-7(2)12-9(13)5-10-3-8-4-11-14-6-8/h4,6-7,10H,3,5H2,1-2H3,(H,12,13). The maximum atomic E-state index is 11.2. The summed E-state index contributed by atoms with van der Waals surface area (Å²) in [6.07, 6.45) is 3.17. The van der Waals surface area contributed by atoms with Crippen LogP contribution in [0.2, 0.25) is 0 Å². The third-order valence-corrected chi connectivity index (χ3v) is 1.55. The highest BCUT2D eigenvalue weighted by molar-refractivity contribution is 5.78. The molecule has 5 nitrogen and oxygen atoms in total. The average molecular weight is 197 g/mol. The van der Waals surface area contributed by atoms with Crippen molar-refractivity contribution >= 4 is 5.91 Å². The fourth-order valence-electron chi connectivity index (χ4n) is 1.01. The van der Waals surface area contributed by atoms with Crippen molar-refractivity contribution in [2.45, 2.75) is 26.4 Å². The second kappa shape index (κ2) is 5.39. The summed E-state index contributed by atoms with van der Waals surface area (Å²) in [5, 5.41) is 9.32. The van der Waals surface area contributed by atoms with Crippen molar-refractivity contribution in [3.8, 4) is 0 Å². The zero-order valence-electron chi connectivity index (χ0n) is 8.41. The summed E-state index contributed by atoms with van der Waals surface area (Å²) < 4.78 is 4.65. The molecule has 0 saturated carbocycles. The second-order valence-electron chi connectivity index (χ2n) is 3.36. The van der Waals surface area contributed by atoms with Crippen molar-refractivity contribution in [2.75, 3.05) is 6.54 Å². The largest absolute Gasteiger partial charge is 0.364 e. The van der Waals surface area contributed by atoms with Crippen molar-refractivity contribution in [3.63, 3.8) is 0 Å². The van der Waals surface area contributed by atoms with Gasteiger partial charge in [0, 0.05) is 18.2 Å². The van der Waals surface area contributed by atoms with E-state index in [4.69, 9.17) is 0 Å². The number of aromatic nitrogens is 1. The van der Waals surface area contributed by atoms with Gasteiger partial charge in [-0.2, -0.15) is 0 Å². The number of amides is 1. The molecule has 14 heavy (non-hydrogen) atoms. The highest BCUT2D eigenvalue weighted by Gasteiger charge is 2.02. The summed E-state index contributed by atoms with van der Waals surface area (Å²) in [5.41, 5.74) is 0.933. The molecule has 78 valence electrons. The fourth-order valence-corrected chi connectivity index (χ4v) is 1.01. The Labute approximate surface area is 82.8 Å². The van der Waals surface area contributed by atoms with Gasteiger partial charge >= 0.3 is 0 Å². The van der Waals surface area contributed by atoms with E-state index in [-0.39, 0.29) is 11.9 Å². The van der Waals surface area contributed by atoms with E-state index in [1.165, 1.54) is 0 Å². The molecule has 0 spiro atoms. The SMILES string of the molecule is CC(C)NC(=O)CNCc1cnoc1. The van der Waals surface area contributed by atoms with Crippen LogP contribution in [-0.2, 0) is 11.3 Å². The van der Waals surface area contributed by atoms with Crippen LogP contribution < -0.4 is 10.6 Å². The molecule has 0 aromatic carbocycles. The minimum Gasteiger partial charge on any atom is -0.364 e. The first-order valence-electron chi connectivity index (χ1n) is 4.57. The van der Waals surface area contributed by atoms with E-state index in [1.807, 2.05) is 13.8 Å². The highest BCUT2D eigenvalue weighted by Crippen LogP contribution is 1.93. The van der Waals surface area contributed by atoms with Gasteiger partial charge in [0.2, 0.25) is 5.91 Å². The summed E-state index contributed by atoms with van der Waals surface area (Å²) in [7, 11) is 0. The number of carbonyl (C=O) groups excluding carboxylic acids is 1. The predicted molar refractivity (Wildman–Crippen MR) is 51.5 cm³/mol. The minimum atomic E-state index is -0.00328. The van der Waals surface area contributed by atoms with Gasteiger partial charge in [-0.1, -0.05) is 5.16 Å². The Morgan fingerprint density at radius 3 is 3.00 bits per heavy atom. The van der Waals surface area contributed by atoms with Gasteiger partial charge in [0.05, 0.1) is 12.7 Å². The third-order valence-electron chi connectivity index (χ3n) is 1.55. The first kappa shape index (κ1) is 10.7. The van der Waals surface area contributed by atoms with E-state index >= 15 is 0 Å². The molecular formula is C9H15N3O2. The van der Waals surface area contributed by atoms with Crippen LogP contribution in [0.1, 0.15) is 19.4 Å². The van der Waals surface area contributed by atoms with Crippen LogP contribution in [-0.4, -0.2) is 23.7 Å². The summed E-state index contributed by atoms with van der Waals surface area (Å²) in [6.45, 7) is 4.76. The van der Waals surface area contributed by atoms with Crippen LogP contribution in [0.15, 0.2) is 17.0 Å². The molecule has 0 aliphatic carbocycles. The lowest BCUT2D eigenvalue weighted by molar-refractivity contribution is -0.120. The van der Waals surface area contributed by atoms with Crippen LogP contribution in [0.5, 0.6) is 0 Å². The molecular weight excluding hydrogens is 182 g/mol. The fraction of sp³-hybridized carbons (Fsp3) is 0.556. The molecule has 1 aromatic rings. The summed E-state index contributed by atoms with van der Waals surface area (Å²) in [5.74, 6) is -0.00328. The van der Waals surface area contributed by atoms with Gasteiger partial charge in [-0.3, -0.25) is 4.79 Å². The number of carbonyl (C=O) groups is 1. The monoisotopic (exact) mass is 197 g/mol. The maximum Gasteiger partial charge on any atom is 0.234 e. The first-order valence-corrected chi connectivity index (χ1v) is 4.57. The van der Waals surface area contributed by atoms with Gasteiger partial charge in [-0.05, 0) is 13.8 Å². The Morgan fingerprint density at radius 1 is 1.64 bits per heavy atom. The van der Waals surface area contributed by atoms with Crippen LogP contribution in [0, 0.1) is 0 Å². The lowest BCUT2D eigenvalue weighted by Gasteiger charge is -2.08. The van der Waals surface area contributed by atoms with E-state index < -0.39 is 0 Å². The van der Waals surface area contributed by atoms with Crippen LogP contribution in [0.3, 0.4) is 0 Å². The lowest BCUT2D eigenvalue weighted by Crippen LogP contribution is -2.37. The molecule has 1 rings (SSSR count). The van der Waals surface area contributed by atoms with Gasteiger partial charge in [0.1, 0.15) is 6.26 Å². The molecule has 1 heterocycles.